The van der Waals surface area contributed by atoms with E-state index in [2.05, 4.69) is 31.7 Å². The van der Waals surface area contributed by atoms with Gasteiger partial charge in [0.1, 0.15) is 17.6 Å². The van der Waals surface area contributed by atoms with Gasteiger partial charge in [-0.05, 0) is 62.3 Å². The number of rotatable bonds is 12. The summed E-state index contributed by atoms with van der Waals surface area (Å²) in [4.78, 5) is 40.3. The van der Waals surface area contributed by atoms with Gasteiger partial charge in [0.05, 0.1) is 11.6 Å². The summed E-state index contributed by atoms with van der Waals surface area (Å²) in [6, 6.07) is 2.87. The number of nitrogens with zero attached hydrogens (tertiary/aromatic N) is 2. The average Bonchev–Trinajstić information content (AvgIpc) is 3.54. The molecule has 1 aromatic heterocycles. The van der Waals surface area contributed by atoms with Crippen molar-refractivity contribution in [3.8, 4) is 0 Å². The first-order chi connectivity index (χ1) is 21.9. The summed E-state index contributed by atoms with van der Waals surface area (Å²) in [5, 5.41) is 11.6. The summed E-state index contributed by atoms with van der Waals surface area (Å²) >= 11 is 3.30. The van der Waals surface area contributed by atoms with Crippen LogP contribution in [0.2, 0.25) is 0 Å². The fourth-order valence-corrected chi connectivity index (χ4v) is 7.78. The molecule has 2 unspecified atom stereocenters. The van der Waals surface area contributed by atoms with Crippen molar-refractivity contribution in [3.63, 3.8) is 0 Å². The molecule has 8 nitrogen and oxygen atoms in total. The Morgan fingerprint density at radius 3 is 2.02 bits per heavy atom. The number of anilines is 1. The first kappa shape index (κ1) is 35.9. The number of benzene rings is 1. The molecular weight excluding hydrogens is 670 g/mol. The van der Waals surface area contributed by atoms with Crippen LogP contribution < -0.4 is 16.0 Å². The summed E-state index contributed by atoms with van der Waals surface area (Å²) in [6.07, 6.45) is 5.52. The minimum absolute atomic E-state index is 0.0866. The third-order valence-electron chi connectivity index (χ3n) is 9.44. The van der Waals surface area contributed by atoms with Crippen LogP contribution in [-0.2, 0) is 9.59 Å². The lowest BCUT2D eigenvalue weighted by atomic mass is 9.66. The summed E-state index contributed by atoms with van der Waals surface area (Å²) < 4.78 is 56.0. The minimum Gasteiger partial charge on any atom is -0.339 e. The summed E-state index contributed by atoms with van der Waals surface area (Å²) in [5.74, 6) is -3.80. The fourth-order valence-electron chi connectivity index (χ4n) is 7.09. The maximum absolute atomic E-state index is 15.5. The van der Waals surface area contributed by atoms with Crippen molar-refractivity contribution in [1.29, 1.82) is 0 Å². The molecule has 3 atom stereocenters. The highest BCUT2D eigenvalue weighted by Gasteiger charge is 2.42. The quantitative estimate of drug-likeness (QED) is 0.155. The molecule has 2 aromatic rings. The number of aromatic nitrogens is 2. The van der Waals surface area contributed by atoms with Gasteiger partial charge in [-0.2, -0.15) is 5.10 Å². The van der Waals surface area contributed by atoms with E-state index in [0.717, 1.165) is 70.3 Å². The molecule has 0 saturated heterocycles. The van der Waals surface area contributed by atoms with Crippen LogP contribution in [-0.4, -0.2) is 46.3 Å². The molecule has 0 bridgehead atoms. The number of amides is 3. The Balaban J connectivity index is 1.65. The molecule has 2 aliphatic rings. The van der Waals surface area contributed by atoms with Crippen molar-refractivity contribution in [2.45, 2.75) is 116 Å². The van der Waals surface area contributed by atoms with E-state index in [4.69, 9.17) is 0 Å². The van der Waals surface area contributed by atoms with Gasteiger partial charge in [0.15, 0.2) is 0 Å². The van der Waals surface area contributed by atoms with E-state index in [-0.39, 0.29) is 39.5 Å². The zero-order chi connectivity index (χ0) is 33.5. The maximum atomic E-state index is 15.5. The van der Waals surface area contributed by atoms with E-state index in [1.165, 1.54) is 13.0 Å². The lowest BCUT2D eigenvalue weighted by Gasteiger charge is -2.42. The van der Waals surface area contributed by atoms with E-state index in [1.54, 1.807) is 22.3 Å². The Bertz CT molecular complexity index is 1340. The van der Waals surface area contributed by atoms with Crippen LogP contribution in [0.4, 0.5) is 23.2 Å². The largest absolute Gasteiger partial charge is 0.339 e. The van der Waals surface area contributed by atoms with Crippen molar-refractivity contribution < 1.29 is 31.9 Å². The van der Waals surface area contributed by atoms with Gasteiger partial charge >= 0.3 is 0 Å². The summed E-state index contributed by atoms with van der Waals surface area (Å²) in [7, 11) is 0. The third kappa shape index (κ3) is 8.68. The van der Waals surface area contributed by atoms with E-state index in [9.17, 15) is 27.6 Å². The first-order valence-electron chi connectivity index (χ1n) is 16.3. The third-order valence-corrected chi connectivity index (χ3v) is 10.1. The van der Waals surface area contributed by atoms with E-state index in [1.807, 2.05) is 13.8 Å². The van der Waals surface area contributed by atoms with E-state index < -0.39 is 48.2 Å². The number of carbonyl (C=O) groups is 3. The second-order valence-corrected chi connectivity index (χ2v) is 13.7. The van der Waals surface area contributed by atoms with Gasteiger partial charge in [0.2, 0.25) is 18.1 Å². The average molecular weight is 715 g/mol. The number of carbonyl (C=O) groups excluding carboxylic acids is 3. The fraction of sp³-hybridized carbons (Fsp3) is 0.636. The number of hydrogen-bond donors (Lipinski definition) is 3. The van der Waals surface area contributed by atoms with Gasteiger partial charge in [-0.3, -0.25) is 19.1 Å². The number of alkyl halides is 3. The SMILES string of the molecule is CC(C(=O)NC(F)C(F)F)c1cc(F)c(NC(=O)[C@@H](NC(=O)c2ccnn2C(C)C)C(C2CCCCC2)C2CCCCC2)cc1Br. The van der Waals surface area contributed by atoms with E-state index in [0.29, 0.717) is 5.69 Å². The van der Waals surface area contributed by atoms with Gasteiger partial charge in [0.25, 0.3) is 12.3 Å². The Morgan fingerprint density at radius 2 is 1.48 bits per heavy atom. The molecule has 13 heteroatoms. The lowest BCUT2D eigenvalue weighted by molar-refractivity contribution is -0.126. The summed E-state index contributed by atoms with van der Waals surface area (Å²) in [5.41, 5.74) is 0.233. The molecular formula is C33H44BrF4N5O3. The molecule has 254 valence electrons. The van der Waals surface area contributed by atoms with Crippen molar-refractivity contribution >= 4 is 39.3 Å². The first-order valence-corrected chi connectivity index (χ1v) is 17.0. The minimum atomic E-state index is -3.40. The molecule has 4 rings (SSSR count). The van der Waals surface area contributed by atoms with Gasteiger partial charge < -0.3 is 16.0 Å². The molecule has 2 saturated carbocycles. The number of nitrogens with one attached hydrogen (secondary N) is 3. The zero-order valence-corrected chi connectivity index (χ0v) is 28.1. The van der Waals surface area contributed by atoms with Crippen LogP contribution in [0.15, 0.2) is 28.9 Å². The monoisotopic (exact) mass is 713 g/mol. The number of halogens is 5. The Kier molecular flexibility index (Phi) is 12.7. The maximum Gasteiger partial charge on any atom is 0.287 e. The Labute approximate surface area is 276 Å². The predicted octanol–water partition coefficient (Wildman–Crippen LogP) is 7.66. The summed E-state index contributed by atoms with van der Waals surface area (Å²) in [6.45, 7) is 5.15. The standard InChI is InChI=1S/C33H44BrF4N5O3/c1-18(2)43-26(14-15-39-43)32(45)41-28(27(20-10-6-4-7-11-20)21-12-8-5-9-13-21)33(46)40-25-17-23(34)22(16-24(25)35)19(3)31(44)42-30(38)29(36)37/h14-21,27-30H,4-13H2,1-3H3,(H,40,46)(H,41,45)(H,42,44)/t19?,28-,30?/m0/s1. The van der Waals surface area contributed by atoms with Crippen LogP contribution >= 0.6 is 15.9 Å². The highest BCUT2D eigenvalue weighted by molar-refractivity contribution is 9.10. The topological polar surface area (TPSA) is 105 Å². The van der Waals surface area contributed by atoms with Crippen LogP contribution in [0.3, 0.4) is 0 Å². The van der Waals surface area contributed by atoms with Gasteiger partial charge in [-0.1, -0.05) is 80.1 Å². The molecule has 46 heavy (non-hydrogen) atoms. The lowest BCUT2D eigenvalue weighted by Crippen LogP contribution is -2.53. The molecule has 2 fully saturated rings. The normalized spacial score (nSPS) is 18.4. The van der Waals surface area contributed by atoms with Crippen LogP contribution in [0, 0.1) is 23.6 Å². The highest BCUT2D eigenvalue weighted by atomic mass is 79.9. The van der Waals surface area contributed by atoms with Gasteiger partial charge in [-0.25, -0.2) is 17.6 Å². The molecule has 0 aliphatic heterocycles. The predicted molar refractivity (Wildman–Crippen MR) is 171 cm³/mol. The Morgan fingerprint density at radius 1 is 0.891 bits per heavy atom. The Hall–Kier alpha value is -2.96. The molecule has 1 heterocycles. The van der Waals surface area contributed by atoms with E-state index >= 15 is 4.39 Å². The van der Waals surface area contributed by atoms with Crippen LogP contribution in [0.25, 0.3) is 0 Å². The van der Waals surface area contributed by atoms with Crippen molar-refractivity contribution in [1.82, 2.24) is 20.4 Å². The second kappa shape index (κ2) is 16.2. The van der Waals surface area contributed by atoms with Crippen molar-refractivity contribution in [3.05, 3.63) is 45.9 Å². The van der Waals surface area contributed by atoms with Crippen molar-refractivity contribution in [2.24, 2.45) is 17.8 Å². The highest BCUT2D eigenvalue weighted by Crippen LogP contribution is 2.42. The smallest absolute Gasteiger partial charge is 0.287 e. The van der Waals surface area contributed by atoms with Crippen LogP contribution in [0.1, 0.15) is 113 Å². The second-order valence-electron chi connectivity index (χ2n) is 12.9. The number of hydrogen-bond acceptors (Lipinski definition) is 4. The molecule has 0 radical (unpaired) electrons. The zero-order valence-electron chi connectivity index (χ0n) is 26.5. The molecule has 0 spiro atoms. The van der Waals surface area contributed by atoms with Gasteiger partial charge in [-0.15, -0.1) is 0 Å². The van der Waals surface area contributed by atoms with Crippen molar-refractivity contribution in [2.75, 3.05) is 5.32 Å². The molecule has 3 amide bonds. The molecule has 1 aromatic carbocycles. The van der Waals surface area contributed by atoms with Gasteiger partial charge in [0, 0.05) is 16.7 Å². The molecule has 2 aliphatic carbocycles. The molecule has 3 N–H and O–H groups in total. The van der Waals surface area contributed by atoms with Crippen LogP contribution in [0.5, 0.6) is 0 Å².